The van der Waals surface area contributed by atoms with Gasteiger partial charge in [0.2, 0.25) is 0 Å². The second-order valence-corrected chi connectivity index (χ2v) is 5.47. The van der Waals surface area contributed by atoms with E-state index in [1.165, 1.54) is 6.21 Å². The minimum Gasteiger partial charge on any atom is -0.460 e. The fraction of sp³-hybridized carbons (Fsp3) is 0.200. The van der Waals surface area contributed by atoms with Gasteiger partial charge >= 0.3 is 0 Å². The van der Waals surface area contributed by atoms with Gasteiger partial charge in [0.25, 0.3) is 5.91 Å². The van der Waals surface area contributed by atoms with Crippen LogP contribution in [0.25, 0.3) is 0 Å². The zero-order valence-electron chi connectivity index (χ0n) is 11.8. The molecule has 1 heterocycles. The molecule has 110 valence electrons. The number of hydrazone groups is 1. The highest BCUT2D eigenvalue weighted by Gasteiger charge is 2.11. The standard InChI is InChI=1S/C15H16BrN3O2/c1-10-3-8-14(21-10)9-17-19-15(20)11(2)18-13-6-4-12(16)5-7-13/h3-9,11,18H,1-2H3,(H,19,20). The van der Waals surface area contributed by atoms with E-state index in [0.717, 1.165) is 15.9 Å². The van der Waals surface area contributed by atoms with Crippen molar-refractivity contribution in [3.63, 3.8) is 0 Å². The molecule has 1 amide bonds. The van der Waals surface area contributed by atoms with Crippen LogP contribution in [0.4, 0.5) is 5.69 Å². The Morgan fingerprint density at radius 1 is 1.29 bits per heavy atom. The van der Waals surface area contributed by atoms with Gasteiger partial charge in [-0.15, -0.1) is 0 Å². The van der Waals surface area contributed by atoms with Gasteiger partial charge in [-0.3, -0.25) is 4.79 Å². The maximum Gasteiger partial charge on any atom is 0.262 e. The first-order valence-electron chi connectivity index (χ1n) is 6.46. The van der Waals surface area contributed by atoms with Crippen molar-refractivity contribution in [2.45, 2.75) is 19.9 Å². The summed E-state index contributed by atoms with van der Waals surface area (Å²) in [5.74, 6) is 1.17. The summed E-state index contributed by atoms with van der Waals surface area (Å²) in [7, 11) is 0. The Labute approximate surface area is 131 Å². The van der Waals surface area contributed by atoms with Crippen LogP contribution in [0.3, 0.4) is 0 Å². The summed E-state index contributed by atoms with van der Waals surface area (Å²) in [6.45, 7) is 3.62. The fourth-order valence-electron chi connectivity index (χ4n) is 1.64. The van der Waals surface area contributed by atoms with Gasteiger partial charge in [-0.1, -0.05) is 15.9 Å². The maximum atomic E-state index is 11.9. The number of nitrogens with one attached hydrogen (secondary N) is 2. The SMILES string of the molecule is Cc1ccc(C=NNC(=O)C(C)Nc2ccc(Br)cc2)o1. The van der Waals surface area contributed by atoms with Crippen molar-refractivity contribution < 1.29 is 9.21 Å². The van der Waals surface area contributed by atoms with E-state index >= 15 is 0 Å². The number of hydrogen-bond acceptors (Lipinski definition) is 4. The quantitative estimate of drug-likeness (QED) is 0.642. The minimum absolute atomic E-state index is 0.225. The van der Waals surface area contributed by atoms with Crippen molar-refractivity contribution in [1.29, 1.82) is 0 Å². The second kappa shape index (κ2) is 7.08. The number of nitrogens with zero attached hydrogens (tertiary/aromatic N) is 1. The molecule has 6 heteroatoms. The minimum atomic E-state index is -0.401. The first-order chi connectivity index (χ1) is 10.0. The second-order valence-electron chi connectivity index (χ2n) is 4.56. The molecular formula is C15H16BrN3O2. The number of furan rings is 1. The molecule has 0 saturated carbocycles. The predicted molar refractivity (Wildman–Crippen MR) is 86.4 cm³/mol. The van der Waals surface area contributed by atoms with Crippen LogP contribution >= 0.6 is 15.9 Å². The van der Waals surface area contributed by atoms with E-state index < -0.39 is 6.04 Å². The highest BCUT2D eigenvalue weighted by molar-refractivity contribution is 9.10. The van der Waals surface area contributed by atoms with Crippen molar-refractivity contribution in [1.82, 2.24) is 5.43 Å². The molecule has 0 spiro atoms. The maximum absolute atomic E-state index is 11.9. The molecule has 0 saturated heterocycles. The number of halogens is 1. The topological polar surface area (TPSA) is 66.6 Å². The number of rotatable bonds is 5. The summed E-state index contributed by atoms with van der Waals surface area (Å²) in [5.41, 5.74) is 3.34. The molecule has 0 aliphatic rings. The fourth-order valence-corrected chi connectivity index (χ4v) is 1.91. The third-order valence-corrected chi connectivity index (χ3v) is 3.28. The lowest BCUT2D eigenvalue weighted by molar-refractivity contribution is -0.121. The van der Waals surface area contributed by atoms with E-state index in [-0.39, 0.29) is 5.91 Å². The van der Waals surface area contributed by atoms with Crippen molar-refractivity contribution in [2.24, 2.45) is 5.10 Å². The normalized spacial score (nSPS) is 12.3. The van der Waals surface area contributed by atoms with Crippen molar-refractivity contribution in [2.75, 3.05) is 5.32 Å². The van der Waals surface area contributed by atoms with Gasteiger partial charge in [-0.2, -0.15) is 5.10 Å². The summed E-state index contributed by atoms with van der Waals surface area (Å²) in [5, 5.41) is 6.96. The zero-order valence-corrected chi connectivity index (χ0v) is 13.3. The van der Waals surface area contributed by atoms with Crippen LogP contribution in [0.1, 0.15) is 18.4 Å². The van der Waals surface area contributed by atoms with E-state index in [1.807, 2.05) is 37.3 Å². The number of carbonyl (C=O) groups is 1. The molecule has 1 aromatic carbocycles. The smallest absolute Gasteiger partial charge is 0.262 e. The number of amides is 1. The van der Waals surface area contributed by atoms with Crippen LogP contribution in [0.5, 0.6) is 0 Å². The van der Waals surface area contributed by atoms with Crippen LogP contribution in [-0.2, 0) is 4.79 Å². The van der Waals surface area contributed by atoms with E-state index in [2.05, 4.69) is 31.8 Å². The van der Waals surface area contributed by atoms with Crippen molar-refractivity contribution in [3.05, 3.63) is 52.4 Å². The monoisotopic (exact) mass is 349 g/mol. The van der Waals surface area contributed by atoms with Crippen molar-refractivity contribution in [3.8, 4) is 0 Å². The van der Waals surface area contributed by atoms with Crippen LogP contribution in [-0.4, -0.2) is 18.2 Å². The van der Waals surface area contributed by atoms with Gasteiger partial charge in [-0.25, -0.2) is 5.43 Å². The van der Waals surface area contributed by atoms with Gasteiger partial charge in [0.1, 0.15) is 17.6 Å². The molecule has 0 radical (unpaired) electrons. The van der Waals surface area contributed by atoms with Crippen LogP contribution < -0.4 is 10.7 Å². The number of carbonyl (C=O) groups excluding carboxylic acids is 1. The number of benzene rings is 1. The molecule has 0 bridgehead atoms. The lowest BCUT2D eigenvalue weighted by Gasteiger charge is -2.13. The Bertz CT molecular complexity index is 635. The zero-order chi connectivity index (χ0) is 15.2. The van der Waals surface area contributed by atoms with E-state index in [0.29, 0.717) is 5.76 Å². The highest BCUT2D eigenvalue weighted by Crippen LogP contribution is 2.14. The largest absolute Gasteiger partial charge is 0.460 e. The molecule has 21 heavy (non-hydrogen) atoms. The molecule has 0 fully saturated rings. The molecule has 2 N–H and O–H groups in total. The van der Waals surface area contributed by atoms with Gasteiger partial charge in [0, 0.05) is 10.2 Å². The van der Waals surface area contributed by atoms with Gasteiger partial charge in [0.15, 0.2) is 0 Å². The third kappa shape index (κ3) is 4.75. The molecule has 1 atom stereocenters. The summed E-state index contributed by atoms with van der Waals surface area (Å²) >= 11 is 3.36. The lowest BCUT2D eigenvalue weighted by Crippen LogP contribution is -2.34. The Balaban J connectivity index is 1.85. The molecule has 0 aliphatic carbocycles. The molecule has 1 aromatic heterocycles. The Morgan fingerprint density at radius 3 is 2.62 bits per heavy atom. The Kier molecular flexibility index (Phi) is 5.16. The summed E-state index contributed by atoms with van der Waals surface area (Å²) in [4.78, 5) is 11.9. The molecule has 2 rings (SSSR count). The van der Waals surface area contributed by atoms with Crippen molar-refractivity contribution >= 4 is 33.7 Å². The average Bonchev–Trinajstić information content (AvgIpc) is 2.87. The predicted octanol–water partition coefficient (Wildman–Crippen LogP) is 3.30. The summed E-state index contributed by atoms with van der Waals surface area (Å²) < 4.78 is 6.30. The summed E-state index contributed by atoms with van der Waals surface area (Å²) in [6.07, 6.45) is 1.47. The molecule has 5 nitrogen and oxygen atoms in total. The third-order valence-electron chi connectivity index (χ3n) is 2.75. The van der Waals surface area contributed by atoms with Gasteiger partial charge in [-0.05, 0) is 50.2 Å². The van der Waals surface area contributed by atoms with E-state index in [9.17, 15) is 4.79 Å². The number of aryl methyl sites for hydroxylation is 1. The average molecular weight is 350 g/mol. The van der Waals surface area contributed by atoms with Crippen LogP contribution in [0.15, 0.2) is 50.4 Å². The Hall–Kier alpha value is -2.08. The molecular weight excluding hydrogens is 334 g/mol. The van der Waals surface area contributed by atoms with Gasteiger partial charge < -0.3 is 9.73 Å². The van der Waals surface area contributed by atoms with E-state index in [4.69, 9.17) is 4.42 Å². The summed E-state index contributed by atoms with van der Waals surface area (Å²) in [6, 6.07) is 10.8. The molecule has 1 unspecified atom stereocenters. The van der Waals surface area contributed by atoms with E-state index in [1.54, 1.807) is 13.0 Å². The number of anilines is 1. The Morgan fingerprint density at radius 2 is 2.00 bits per heavy atom. The molecule has 0 aliphatic heterocycles. The van der Waals surface area contributed by atoms with Crippen LogP contribution in [0, 0.1) is 6.92 Å². The first-order valence-corrected chi connectivity index (χ1v) is 7.25. The lowest BCUT2D eigenvalue weighted by atomic mass is 10.2. The number of hydrogen-bond donors (Lipinski definition) is 2. The highest BCUT2D eigenvalue weighted by atomic mass is 79.9. The van der Waals surface area contributed by atoms with Gasteiger partial charge in [0.05, 0.1) is 6.21 Å². The van der Waals surface area contributed by atoms with Crippen LogP contribution in [0.2, 0.25) is 0 Å². The first kappa shape index (κ1) is 15.3. The molecule has 2 aromatic rings.